The SMILES string of the molecule is CCOC(=O)C(C)(CCCCN(C)CC1CC1C)NC. The monoisotopic (exact) mass is 284 g/mol. The Morgan fingerprint density at radius 2 is 2.10 bits per heavy atom. The molecule has 1 aliphatic rings. The lowest BCUT2D eigenvalue weighted by Gasteiger charge is -2.27. The molecule has 0 aromatic heterocycles. The summed E-state index contributed by atoms with van der Waals surface area (Å²) in [6.07, 6.45) is 4.40. The zero-order chi connectivity index (χ0) is 15.2. The van der Waals surface area contributed by atoms with E-state index in [1.165, 1.54) is 13.0 Å². The molecule has 4 nitrogen and oxygen atoms in total. The second-order valence-corrected chi connectivity index (χ2v) is 6.49. The maximum Gasteiger partial charge on any atom is 0.326 e. The Balaban J connectivity index is 2.18. The van der Waals surface area contributed by atoms with Gasteiger partial charge >= 0.3 is 5.97 Å². The number of likely N-dealkylation sites (N-methyl/N-ethyl adjacent to an activating group) is 1. The number of carbonyl (C=O) groups excluding carboxylic acids is 1. The minimum absolute atomic E-state index is 0.136. The van der Waals surface area contributed by atoms with Crippen molar-refractivity contribution < 1.29 is 9.53 Å². The van der Waals surface area contributed by atoms with E-state index in [2.05, 4.69) is 24.2 Å². The van der Waals surface area contributed by atoms with Crippen LogP contribution in [-0.2, 0) is 9.53 Å². The summed E-state index contributed by atoms with van der Waals surface area (Å²) in [6.45, 7) is 8.89. The molecule has 0 bridgehead atoms. The van der Waals surface area contributed by atoms with Crippen molar-refractivity contribution >= 4 is 5.97 Å². The van der Waals surface area contributed by atoms with Crippen molar-refractivity contribution in [1.29, 1.82) is 0 Å². The summed E-state index contributed by atoms with van der Waals surface area (Å²) in [5.74, 6) is 1.71. The molecular weight excluding hydrogens is 252 g/mol. The van der Waals surface area contributed by atoms with E-state index in [9.17, 15) is 4.79 Å². The van der Waals surface area contributed by atoms with E-state index in [1.54, 1.807) is 0 Å². The number of nitrogens with zero attached hydrogens (tertiary/aromatic N) is 1. The van der Waals surface area contributed by atoms with E-state index in [0.29, 0.717) is 6.61 Å². The largest absolute Gasteiger partial charge is 0.465 e. The second-order valence-electron chi connectivity index (χ2n) is 6.49. The molecule has 0 amide bonds. The summed E-state index contributed by atoms with van der Waals surface area (Å²) < 4.78 is 5.14. The zero-order valence-electron chi connectivity index (χ0n) is 13.9. The summed E-state index contributed by atoms with van der Waals surface area (Å²) in [6, 6.07) is 0. The van der Waals surface area contributed by atoms with Crippen LogP contribution in [0.25, 0.3) is 0 Å². The minimum Gasteiger partial charge on any atom is -0.465 e. The van der Waals surface area contributed by atoms with Crippen LogP contribution in [0.3, 0.4) is 0 Å². The third-order valence-electron chi connectivity index (χ3n) is 4.57. The van der Waals surface area contributed by atoms with Crippen LogP contribution >= 0.6 is 0 Å². The first-order valence-electron chi connectivity index (χ1n) is 7.97. The molecule has 1 aliphatic carbocycles. The van der Waals surface area contributed by atoms with Gasteiger partial charge in [0.05, 0.1) is 6.61 Å². The van der Waals surface area contributed by atoms with Crippen LogP contribution in [-0.4, -0.2) is 50.2 Å². The Labute approximate surface area is 124 Å². The van der Waals surface area contributed by atoms with Crippen molar-refractivity contribution in [3.63, 3.8) is 0 Å². The Bertz CT molecular complexity index is 309. The van der Waals surface area contributed by atoms with Gasteiger partial charge in [-0.25, -0.2) is 0 Å². The highest BCUT2D eigenvalue weighted by Crippen LogP contribution is 2.37. The smallest absolute Gasteiger partial charge is 0.326 e. The highest BCUT2D eigenvalue weighted by Gasteiger charge is 2.33. The van der Waals surface area contributed by atoms with Crippen molar-refractivity contribution in [2.24, 2.45) is 11.8 Å². The zero-order valence-corrected chi connectivity index (χ0v) is 13.9. The molecule has 4 heteroatoms. The van der Waals surface area contributed by atoms with Gasteiger partial charge in [-0.2, -0.15) is 0 Å². The summed E-state index contributed by atoms with van der Waals surface area (Å²) in [4.78, 5) is 14.3. The molecule has 1 N–H and O–H groups in total. The van der Waals surface area contributed by atoms with Gasteiger partial charge in [0.1, 0.15) is 5.54 Å². The third-order valence-corrected chi connectivity index (χ3v) is 4.57. The van der Waals surface area contributed by atoms with Crippen LogP contribution in [0.1, 0.15) is 46.5 Å². The van der Waals surface area contributed by atoms with Crippen molar-refractivity contribution in [3.05, 3.63) is 0 Å². The quantitative estimate of drug-likeness (QED) is 0.494. The number of carbonyl (C=O) groups is 1. The van der Waals surface area contributed by atoms with Crippen molar-refractivity contribution in [2.75, 3.05) is 33.8 Å². The first-order chi connectivity index (χ1) is 9.42. The van der Waals surface area contributed by atoms with Crippen LogP contribution in [0.4, 0.5) is 0 Å². The summed E-state index contributed by atoms with van der Waals surface area (Å²) in [7, 11) is 4.03. The number of nitrogens with one attached hydrogen (secondary N) is 1. The second kappa shape index (κ2) is 7.99. The standard InChI is InChI=1S/C16H32N2O2/c1-6-20-15(19)16(3,17-4)9-7-8-10-18(5)12-14-11-13(14)2/h13-14,17H,6-12H2,1-5H3. The molecule has 0 aromatic carbocycles. The average Bonchev–Trinajstić information content (AvgIpc) is 3.10. The van der Waals surface area contributed by atoms with Gasteiger partial charge in [0.25, 0.3) is 0 Å². The van der Waals surface area contributed by atoms with Crippen LogP contribution in [0, 0.1) is 11.8 Å². The Hall–Kier alpha value is -0.610. The molecular formula is C16H32N2O2. The molecule has 0 radical (unpaired) electrons. The molecule has 0 aliphatic heterocycles. The number of ether oxygens (including phenoxy) is 1. The van der Waals surface area contributed by atoms with Gasteiger partial charge in [-0.1, -0.05) is 6.92 Å². The van der Waals surface area contributed by atoms with E-state index >= 15 is 0 Å². The molecule has 0 heterocycles. The predicted molar refractivity (Wildman–Crippen MR) is 82.7 cm³/mol. The lowest BCUT2D eigenvalue weighted by atomic mass is 9.95. The lowest BCUT2D eigenvalue weighted by molar-refractivity contribution is -0.150. The van der Waals surface area contributed by atoms with E-state index in [4.69, 9.17) is 4.74 Å². The van der Waals surface area contributed by atoms with Gasteiger partial charge in [-0.05, 0) is 72.0 Å². The molecule has 0 spiro atoms. The highest BCUT2D eigenvalue weighted by atomic mass is 16.5. The lowest BCUT2D eigenvalue weighted by Crippen LogP contribution is -2.48. The maximum absolute atomic E-state index is 11.9. The summed E-state index contributed by atoms with van der Waals surface area (Å²) >= 11 is 0. The van der Waals surface area contributed by atoms with Crippen LogP contribution in [0.15, 0.2) is 0 Å². The van der Waals surface area contributed by atoms with Crippen LogP contribution in [0.2, 0.25) is 0 Å². The molecule has 1 rings (SSSR count). The van der Waals surface area contributed by atoms with E-state index in [-0.39, 0.29) is 5.97 Å². The Morgan fingerprint density at radius 3 is 2.60 bits per heavy atom. The van der Waals surface area contributed by atoms with Gasteiger partial charge in [-0.3, -0.25) is 4.79 Å². The minimum atomic E-state index is -0.542. The molecule has 0 saturated heterocycles. The number of unbranched alkanes of at least 4 members (excludes halogenated alkanes) is 1. The molecule has 0 aromatic rings. The number of esters is 1. The van der Waals surface area contributed by atoms with Gasteiger partial charge < -0.3 is 15.0 Å². The fraction of sp³-hybridized carbons (Fsp3) is 0.938. The molecule has 118 valence electrons. The number of rotatable bonds is 10. The van der Waals surface area contributed by atoms with Gasteiger partial charge in [0.15, 0.2) is 0 Å². The maximum atomic E-state index is 11.9. The molecule has 20 heavy (non-hydrogen) atoms. The highest BCUT2D eigenvalue weighted by molar-refractivity contribution is 5.80. The summed E-state index contributed by atoms with van der Waals surface area (Å²) in [5.41, 5.74) is -0.542. The van der Waals surface area contributed by atoms with Crippen molar-refractivity contribution in [1.82, 2.24) is 10.2 Å². The number of hydrogen-bond acceptors (Lipinski definition) is 4. The fourth-order valence-corrected chi connectivity index (χ4v) is 2.62. The molecule has 3 unspecified atom stereocenters. The van der Waals surface area contributed by atoms with Gasteiger partial charge in [0.2, 0.25) is 0 Å². The molecule has 1 fully saturated rings. The van der Waals surface area contributed by atoms with Crippen LogP contribution in [0.5, 0.6) is 0 Å². The van der Waals surface area contributed by atoms with Gasteiger partial charge in [-0.15, -0.1) is 0 Å². The van der Waals surface area contributed by atoms with E-state index in [0.717, 1.165) is 37.6 Å². The molecule has 1 saturated carbocycles. The number of hydrogen-bond donors (Lipinski definition) is 1. The fourth-order valence-electron chi connectivity index (χ4n) is 2.62. The van der Waals surface area contributed by atoms with Crippen LogP contribution < -0.4 is 5.32 Å². The topological polar surface area (TPSA) is 41.6 Å². The Kier molecular flexibility index (Phi) is 6.96. The molecule has 3 atom stereocenters. The Morgan fingerprint density at radius 1 is 1.45 bits per heavy atom. The normalized spacial score (nSPS) is 24.5. The van der Waals surface area contributed by atoms with E-state index < -0.39 is 5.54 Å². The average molecular weight is 284 g/mol. The first kappa shape index (κ1) is 17.4. The predicted octanol–water partition coefficient (Wildman–Crippen LogP) is 2.29. The third kappa shape index (κ3) is 5.41. The van der Waals surface area contributed by atoms with Crippen molar-refractivity contribution in [2.45, 2.75) is 52.0 Å². The van der Waals surface area contributed by atoms with E-state index in [1.807, 2.05) is 20.9 Å². The van der Waals surface area contributed by atoms with Crippen molar-refractivity contribution in [3.8, 4) is 0 Å². The first-order valence-corrected chi connectivity index (χ1v) is 7.97. The summed E-state index contributed by atoms with van der Waals surface area (Å²) in [5, 5.41) is 3.11. The van der Waals surface area contributed by atoms with Gasteiger partial charge in [0, 0.05) is 6.54 Å².